The minimum absolute atomic E-state index is 0.203. The molecule has 0 saturated carbocycles. The van der Waals surface area contributed by atoms with Gasteiger partial charge in [-0.05, 0) is 41.5 Å². The Labute approximate surface area is 211 Å². The Morgan fingerprint density at radius 3 is 2.11 bits per heavy atom. The predicted octanol–water partition coefficient (Wildman–Crippen LogP) is 6.94. The quantitative estimate of drug-likeness (QED) is 0.146. The summed E-state index contributed by atoms with van der Waals surface area (Å²) in [4.78, 5) is 38.2. The van der Waals surface area contributed by atoms with Gasteiger partial charge in [-0.15, -0.1) is 11.3 Å². The van der Waals surface area contributed by atoms with E-state index in [-0.39, 0.29) is 22.8 Å². The molecule has 0 saturated heterocycles. The van der Waals surface area contributed by atoms with E-state index in [0.717, 1.165) is 15.8 Å². The van der Waals surface area contributed by atoms with Gasteiger partial charge in [0.1, 0.15) is 10.6 Å². The van der Waals surface area contributed by atoms with Crippen LogP contribution in [0.3, 0.4) is 0 Å². The van der Waals surface area contributed by atoms with E-state index in [2.05, 4.69) is 0 Å². The summed E-state index contributed by atoms with van der Waals surface area (Å²) in [5, 5.41) is 0.677. The Kier molecular flexibility index (Phi) is 6.43. The Balaban J connectivity index is 1.48. The fourth-order valence-electron chi connectivity index (χ4n) is 3.85. The molecular formula is C30H20O5S. The van der Waals surface area contributed by atoms with Gasteiger partial charge in [0, 0.05) is 22.6 Å². The van der Waals surface area contributed by atoms with Gasteiger partial charge < -0.3 is 9.47 Å². The highest BCUT2D eigenvalue weighted by Gasteiger charge is 2.24. The van der Waals surface area contributed by atoms with Crippen LogP contribution in [0.15, 0.2) is 103 Å². The minimum Gasteiger partial charge on any atom is -0.427 e. The number of carbonyl (C=O) groups is 3. The van der Waals surface area contributed by atoms with Gasteiger partial charge in [-0.2, -0.15) is 0 Å². The fraction of sp³-hybridized carbons (Fsp3) is 0.0333. The lowest BCUT2D eigenvalue weighted by molar-refractivity contribution is -0.131. The van der Waals surface area contributed by atoms with Crippen molar-refractivity contribution in [3.8, 4) is 22.6 Å². The molecule has 0 radical (unpaired) electrons. The summed E-state index contributed by atoms with van der Waals surface area (Å²) in [5.74, 6) is -0.915. The number of ether oxygens (including phenoxy) is 2. The third-order valence-electron chi connectivity index (χ3n) is 5.54. The number of hydrogen-bond donors (Lipinski definition) is 0. The second-order valence-corrected chi connectivity index (χ2v) is 9.09. The van der Waals surface area contributed by atoms with Crippen LogP contribution in [0.2, 0.25) is 0 Å². The lowest BCUT2D eigenvalue weighted by atomic mass is 10.0. The summed E-state index contributed by atoms with van der Waals surface area (Å²) in [6, 6.07) is 30.9. The number of esters is 2. The molecule has 1 aromatic heterocycles. The van der Waals surface area contributed by atoms with E-state index in [0.29, 0.717) is 15.8 Å². The summed E-state index contributed by atoms with van der Waals surface area (Å²) in [6.07, 6.45) is 0. The van der Waals surface area contributed by atoms with Crippen LogP contribution in [0.25, 0.3) is 21.2 Å². The van der Waals surface area contributed by atoms with Crippen molar-refractivity contribution in [1.82, 2.24) is 0 Å². The van der Waals surface area contributed by atoms with Crippen molar-refractivity contribution in [3.63, 3.8) is 0 Å². The summed E-state index contributed by atoms with van der Waals surface area (Å²) in [7, 11) is 0. The summed E-state index contributed by atoms with van der Waals surface area (Å²) >= 11 is 1.28. The molecule has 0 aliphatic rings. The van der Waals surface area contributed by atoms with Crippen LogP contribution in [0, 0.1) is 0 Å². The maximum Gasteiger partial charge on any atom is 0.343 e. The van der Waals surface area contributed by atoms with Crippen molar-refractivity contribution in [2.45, 2.75) is 6.92 Å². The van der Waals surface area contributed by atoms with Crippen molar-refractivity contribution in [1.29, 1.82) is 0 Å². The Bertz CT molecular complexity index is 1580. The second kappa shape index (κ2) is 9.98. The number of carbonyl (C=O) groups excluding carboxylic acids is 3. The molecule has 0 bridgehead atoms. The number of ketones is 1. The van der Waals surface area contributed by atoms with Crippen molar-refractivity contribution in [2.75, 3.05) is 0 Å². The van der Waals surface area contributed by atoms with Crippen LogP contribution in [0.1, 0.15) is 32.5 Å². The standard InChI is InChI=1S/C30H20O5S/c1-19(31)34-24-11-7-10-23(18-24)30(33)35-28-25-12-5-6-13-26(25)36-29(28)27(32)22-16-14-21(15-17-22)20-8-3-2-4-9-20/h2-18H,1H3. The van der Waals surface area contributed by atoms with E-state index >= 15 is 0 Å². The molecule has 0 unspecified atom stereocenters. The highest BCUT2D eigenvalue weighted by molar-refractivity contribution is 7.21. The third kappa shape index (κ3) is 4.80. The number of benzene rings is 4. The van der Waals surface area contributed by atoms with Crippen LogP contribution in [-0.2, 0) is 4.79 Å². The zero-order chi connectivity index (χ0) is 25.1. The first-order chi connectivity index (χ1) is 17.5. The van der Waals surface area contributed by atoms with Crippen LogP contribution in [0.4, 0.5) is 0 Å². The van der Waals surface area contributed by atoms with E-state index < -0.39 is 11.9 Å². The van der Waals surface area contributed by atoms with E-state index in [9.17, 15) is 14.4 Å². The SMILES string of the molecule is CC(=O)Oc1cccc(C(=O)Oc2c(C(=O)c3ccc(-c4ccccc4)cc3)sc3ccccc23)c1. The average Bonchev–Trinajstić information content (AvgIpc) is 3.27. The molecule has 176 valence electrons. The first-order valence-corrected chi connectivity index (χ1v) is 12.0. The molecule has 4 aromatic carbocycles. The normalized spacial score (nSPS) is 10.7. The van der Waals surface area contributed by atoms with E-state index in [4.69, 9.17) is 9.47 Å². The summed E-state index contributed by atoms with van der Waals surface area (Å²) in [5.41, 5.74) is 2.76. The molecule has 5 rings (SSSR count). The largest absolute Gasteiger partial charge is 0.427 e. The Hall–Kier alpha value is -4.55. The van der Waals surface area contributed by atoms with Gasteiger partial charge in [0.2, 0.25) is 5.78 Å². The maximum absolute atomic E-state index is 13.5. The minimum atomic E-state index is -0.652. The molecule has 5 aromatic rings. The first kappa shape index (κ1) is 23.2. The second-order valence-electron chi connectivity index (χ2n) is 8.04. The molecule has 0 N–H and O–H groups in total. The average molecular weight is 493 g/mol. The first-order valence-electron chi connectivity index (χ1n) is 11.2. The van der Waals surface area contributed by atoms with E-state index in [1.54, 1.807) is 30.3 Å². The molecule has 1 heterocycles. The van der Waals surface area contributed by atoms with Crippen molar-refractivity contribution in [2.24, 2.45) is 0 Å². The Morgan fingerprint density at radius 1 is 0.667 bits per heavy atom. The molecule has 0 spiro atoms. The molecule has 0 fully saturated rings. The van der Waals surface area contributed by atoms with E-state index in [1.807, 2.05) is 66.7 Å². The smallest absolute Gasteiger partial charge is 0.343 e. The lowest BCUT2D eigenvalue weighted by Crippen LogP contribution is -2.11. The maximum atomic E-state index is 13.5. The van der Waals surface area contributed by atoms with E-state index in [1.165, 1.54) is 24.3 Å². The number of rotatable bonds is 6. The van der Waals surface area contributed by atoms with Gasteiger partial charge in [-0.1, -0.05) is 72.8 Å². The summed E-state index contributed by atoms with van der Waals surface area (Å²) < 4.78 is 11.7. The molecule has 0 atom stereocenters. The van der Waals surface area contributed by atoms with Gasteiger partial charge in [0.05, 0.1) is 5.56 Å². The van der Waals surface area contributed by atoms with Gasteiger partial charge in [-0.3, -0.25) is 9.59 Å². The van der Waals surface area contributed by atoms with Crippen molar-refractivity contribution >= 4 is 39.1 Å². The topological polar surface area (TPSA) is 69.7 Å². The fourth-order valence-corrected chi connectivity index (χ4v) is 4.94. The number of hydrogen-bond acceptors (Lipinski definition) is 6. The number of fused-ring (bicyclic) bond motifs is 1. The van der Waals surface area contributed by atoms with Crippen LogP contribution < -0.4 is 9.47 Å². The van der Waals surface area contributed by atoms with Crippen LogP contribution >= 0.6 is 11.3 Å². The van der Waals surface area contributed by atoms with Gasteiger partial charge in [0.25, 0.3) is 0 Å². The molecule has 36 heavy (non-hydrogen) atoms. The lowest BCUT2D eigenvalue weighted by Gasteiger charge is -2.08. The summed E-state index contributed by atoms with van der Waals surface area (Å²) in [6.45, 7) is 1.28. The van der Waals surface area contributed by atoms with Gasteiger partial charge in [-0.25, -0.2) is 4.79 Å². The molecule has 0 amide bonds. The molecular weight excluding hydrogens is 472 g/mol. The Morgan fingerprint density at radius 2 is 1.36 bits per heavy atom. The third-order valence-corrected chi connectivity index (χ3v) is 6.69. The predicted molar refractivity (Wildman–Crippen MR) is 140 cm³/mol. The van der Waals surface area contributed by atoms with Gasteiger partial charge in [0.15, 0.2) is 5.75 Å². The number of thiophene rings is 1. The highest BCUT2D eigenvalue weighted by atomic mass is 32.1. The van der Waals surface area contributed by atoms with Gasteiger partial charge >= 0.3 is 11.9 Å². The van der Waals surface area contributed by atoms with Crippen LogP contribution in [0.5, 0.6) is 11.5 Å². The van der Waals surface area contributed by atoms with Crippen LogP contribution in [-0.4, -0.2) is 17.7 Å². The molecule has 0 aliphatic carbocycles. The van der Waals surface area contributed by atoms with Crippen molar-refractivity contribution < 1.29 is 23.9 Å². The molecule has 5 nitrogen and oxygen atoms in total. The van der Waals surface area contributed by atoms with Crippen molar-refractivity contribution in [3.05, 3.63) is 119 Å². The molecule has 6 heteroatoms. The zero-order valence-electron chi connectivity index (χ0n) is 19.3. The highest BCUT2D eigenvalue weighted by Crippen LogP contribution is 2.39. The molecule has 0 aliphatic heterocycles. The monoisotopic (exact) mass is 492 g/mol. The zero-order valence-corrected chi connectivity index (χ0v) is 20.1.